The minimum absolute atomic E-state index is 0.375. The van der Waals surface area contributed by atoms with Crippen molar-refractivity contribution < 1.29 is 0 Å². The van der Waals surface area contributed by atoms with Gasteiger partial charge in [-0.3, -0.25) is 0 Å². The lowest BCUT2D eigenvalue weighted by molar-refractivity contribution is 0.659. The highest BCUT2D eigenvalue weighted by Crippen LogP contribution is 2.25. The quantitative estimate of drug-likeness (QED) is 0.793. The number of aryl methyl sites for hydroxylation is 1. The molecule has 0 aliphatic heterocycles. The Labute approximate surface area is 117 Å². The number of benzene rings is 1. The normalized spacial score (nSPS) is 10.9. The van der Waals surface area contributed by atoms with Crippen molar-refractivity contribution in [2.45, 2.75) is 32.7 Å². The zero-order chi connectivity index (χ0) is 13.1. The van der Waals surface area contributed by atoms with Crippen LogP contribution in [0.4, 0.5) is 0 Å². The molecule has 0 aliphatic rings. The van der Waals surface area contributed by atoms with Crippen LogP contribution in [0.5, 0.6) is 0 Å². The molecule has 5 heteroatoms. The summed E-state index contributed by atoms with van der Waals surface area (Å²) in [5.41, 5.74) is 2.14. The Morgan fingerprint density at radius 2 is 2.06 bits per heavy atom. The van der Waals surface area contributed by atoms with E-state index in [9.17, 15) is 0 Å². The van der Waals surface area contributed by atoms with Crippen molar-refractivity contribution in [3.05, 3.63) is 34.6 Å². The van der Waals surface area contributed by atoms with Crippen LogP contribution >= 0.6 is 23.2 Å². The minimum Gasteiger partial charge on any atom is -0.310 e. The van der Waals surface area contributed by atoms with Crippen LogP contribution in [0, 0.1) is 6.92 Å². The summed E-state index contributed by atoms with van der Waals surface area (Å²) in [5.74, 6) is 2.05. The largest absolute Gasteiger partial charge is 0.310 e. The zero-order valence-corrected chi connectivity index (χ0v) is 12.0. The maximum Gasteiger partial charge on any atom is 0.164 e. The molecule has 0 saturated heterocycles. The van der Waals surface area contributed by atoms with Gasteiger partial charge in [0.2, 0.25) is 0 Å². The molecule has 0 radical (unpaired) electrons. The molecule has 0 N–H and O–H groups in total. The first kappa shape index (κ1) is 13.4. The van der Waals surface area contributed by atoms with Gasteiger partial charge in [0.15, 0.2) is 5.82 Å². The lowest BCUT2D eigenvalue weighted by Gasteiger charge is -2.10. The Morgan fingerprint density at radius 1 is 1.28 bits per heavy atom. The molecule has 2 rings (SSSR count). The van der Waals surface area contributed by atoms with Gasteiger partial charge in [-0.1, -0.05) is 18.5 Å². The van der Waals surface area contributed by atoms with Crippen LogP contribution in [0.1, 0.15) is 24.7 Å². The Kier molecular flexibility index (Phi) is 4.25. The highest BCUT2D eigenvalue weighted by molar-refractivity contribution is 6.30. The molecule has 0 unspecified atom stereocenters. The van der Waals surface area contributed by atoms with E-state index in [0.29, 0.717) is 5.88 Å². The van der Waals surface area contributed by atoms with E-state index in [0.717, 1.165) is 40.8 Å². The molecular weight excluding hydrogens is 269 g/mol. The van der Waals surface area contributed by atoms with Crippen molar-refractivity contribution in [1.82, 2.24) is 14.8 Å². The molecule has 0 amide bonds. The van der Waals surface area contributed by atoms with Crippen LogP contribution in [-0.4, -0.2) is 14.8 Å². The minimum atomic E-state index is 0.375. The second-order valence-electron chi connectivity index (χ2n) is 4.18. The average Bonchev–Trinajstić information content (AvgIpc) is 2.73. The average molecular weight is 284 g/mol. The van der Waals surface area contributed by atoms with Crippen LogP contribution in [0.15, 0.2) is 18.2 Å². The van der Waals surface area contributed by atoms with E-state index in [4.69, 9.17) is 23.2 Å². The molecule has 2 aromatic rings. The number of nitrogens with zero attached hydrogens (tertiary/aromatic N) is 3. The third-order valence-corrected chi connectivity index (χ3v) is 3.30. The first-order valence-electron chi connectivity index (χ1n) is 5.92. The van der Waals surface area contributed by atoms with Crippen LogP contribution in [0.3, 0.4) is 0 Å². The molecule has 0 fully saturated rings. The van der Waals surface area contributed by atoms with E-state index in [1.807, 2.05) is 25.1 Å². The van der Waals surface area contributed by atoms with Crippen LogP contribution in [0.25, 0.3) is 11.4 Å². The van der Waals surface area contributed by atoms with Crippen molar-refractivity contribution in [2.24, 2.45) is 0 Å². The number of rotatable bonds is 4. The SMILES string of the molecule is CCCn1c(CCl)nnc1-c1ccc(Cl)cc1C. The zero-order valence-electron chi connectivity index (χ0n) is 10.5. The van der Waals surface area contributed by atoms with Gasteiger partial charge in [0.05, 0.1) is 5.88 Å². The summed E-state index contributed by atoms with van der Waals surface area (Å²) in [6, 6.07) is 5.78. The van der Waals surface area contributed by atoms with E-state index in [2.05, 4.69) is 21.7 Å². The van der Waals surface area contributed by atoms with Crippen LogP contribution in [-0.2, 0) is 12.4 Å². The molecular formula is C13H15Cl2N3. The Hall–Kier alpha value is -1.06. The molecule has 96 valence electrons. The molecule has 0 saturated carbocycles. The van der Waals surface area contributed by atoms with Gasteiger partial charge < -0.3 is 4.57 Å². The highest BCUT2D eigenvalue weighted by Gasteiger charge is 2.14. The van der Waals surface area contributed by atoms with Gasteiger partial charge in [0.1, 0.15) is 5.82 Å². The lowest BCUT2D eigenvalue weighted by Crippen LogP contribution is -2.04. The molecule has 3 nitrogen and oxygen atoms in total. The van der Waals surface area contributed by atoms with Crippen LogP contribution in [0.2, 0.25) is 5.02 Å². The number of halogens is 2. The third kappa shape index (κ3) is 2.52. The molecule has 1 heterocycles. The second kappa shape index (κ2) is 5.72. The maximum absolute atomic E-state index is 5.97. The predicted octanol–water partition coefficient (Wildman–Crippen LogP) is 4.06. The summed E-state index contributed by atoms with van der Waals surface area (Å²) in [6.45, 7) is 5.01. The van der Waals surface area contributed by atoms with Gasteiger partial charge >= 0.3 is 0 Å². The van der Waals surface area contributed by atoms with E-state index >= 15 is 0 Å². The first-order chi connectivity index (χ1) is 8.67. The van der Waals surface area contributed by atoms with E-state index in [-0.39, 0.29) is 0 Å². The van der Waals surface area contributed by atoms with Gasteiger partial charge in [0, 0.05) is 17.1 Å². The third-order valence-electron chi connectivity index (χ3n) is 2.82. The van der Waals surface area contributed by atoms with Crippen molar-refractivity contribution in [3.63, 3.8) is 0 Å². The topological polar surface area (TPSA) is 30.7 Å². The first-order valence-corrected chi connectivity index (χ1v) is 6.83. The predicted molar refractivity (Wildman–Crippen MR) is 75.1 cm³/mol. The highest BCUT2D eigenvalue weighted by atomic mass is 35.5. The van der Waals surface area contributed by atoms with Crippen molar-refractivity contribution in [1.29, 1.82) is 0 Å². The van der Waals surface area contributed by atoms with Crippen molar-refractivity contribution in [2.75, 3.05) is 0 Å². The Balaban J connectivity index is 2.52. The number of alkyl halides is 1. The monoisotopic (exact) mass is 283 g/mol. The second-order valence-corrected chi connectivity index (χ2v) is 4.89. The Morgan fingerprint density at radius 3 is 2.67 bits per heavy atom. The fourth-order valence-electron chi connectivity index (χ4n) is 1.97. The molecule has 0 atom stereocenters. The van der Waals surface area contributed by atoms with Crippen molar-refractivity contribution in [3.8, 4) is 11.4 Å². The van der Waals surface area contributed by atoms with Gasteiger partial charge in [-0.05, 0) is 37.1 Å². The summed E-state index contributed by atoms with van der Waals surface area (Å²) in [7, 11) is 0. The van der Waals surface area contributed by atoms with Crippen molar-refractivity contribution >= 4 is 23.2 Å². The molecule has 18 heavy (non-hydrogen) atoms. The van der Waals surface area contributed by atoms with E-state index in [1.165, 1.54) is 0 Å². The van der Waals surface area contributed by atoms with Gasteiger partial charge in [-0.2, -0.15) is 0 Å². The summed E-state index contributed by atoms with van der Waals surface area (Å²) >= 11 is 11.9. The number of hydrogen-bond donors (Lipinski definition) is 0. The molecule has 1 aromatic carbocycles. The maximum atomic E-state index is 5.97. The van der Waals surface area contributed by atoms with Gasteiger partial charge in [0.25, 0.3) is 0 Å². The van der Waals surface area contributed by atoms with E-state index < -0.39 is 0 Å². The molecule has 1 aromatic heterocycles. The van der Waals surface area contributed by atoms with Gasteiger partial charge in [-0.15, -0.1) is 21.8 Å². The van der Waals surface area contributed by atoms with Gasteiger partial charge in [-0.25, -0.2) is 0 Å². The fraction of sp³-hybridized carbons (Fsp3) is 0.385. The summed E-state index contributed by atoms with van der Waals surface area (Å²) in [4.78, 5) is 0. The number of hydrogen-bond acceptors (Lipinski definition) is 2. The molecule has 0 bridgehead atoms. The number of aromatic nitrogens is 3. The summed E-state index contributed by atoms with van der Waals surface area (Å²) in [5, 5.41) is 9.12. The summed E-state index contributed by atoms with van der Waals surface area (Å²) < 4.78 is 2.07. The lowest BCUT2D eigenvalue weighted by atomic mass is 10.1. The van der Waals surface area contributed by atoms with E-state index in [1.54, 1.807) is 0 Å². The van der Waals surface area contributed by atoms with Crippen LogP contribution < -0.4 is 0 Å². The standard InChI is InChI=1S/C13H15Cl2N3/c1-3-6-18-12(8-14)16-17-13(18)11-5-4-10(15)7-9(11)2/h4-5,7H,3,6,8H2,1-2H3. The molecule has 0 spiro atoms. The Bertz CT molecular complexity index is 549. The fourth-order valence-corrected chi connectivity index (χ4v) is 2.39. The molecule has 0 aliphatic carbocycles. The smallest absolute Gasteiger partial charge is 0.164 e. The summed E-state index contributed by atoms with van der Waals surface area (Å²) in [6.07, 6.45) is 1.02.